The smallest absolute Gasteiger partial charge is 0.225 e. The van der Waals surface area contributed by atoms with Crippen LogP contribution in [0.1, 0.15) is 24.0 Å². The van der Waals surface area contributed by atoms with Crippen LogP contribution >= 0.6 is 0 Å². The molecule has 0 unspecified atom stereocenters. The van der Waals surface area contributed by atoms with Gasteiger partial charge in [0.15, 0.2) is 5.82 Å². The number of hydrogen-bond donors (Lipinski definition) is 1. The maximum atomic E-state index is 5.40. The minimum atomic E-state index is 0.354. The number of ether oxygens (including phenoxy) is 1. The average Bonchev–Trinajstić information content (AvgIpc) is 3.28. The van der Waals surface area contributed by atoms with E-state index in [9.17, 15) is 0 Å². The molecule has 8 nitrogen and oxygen atoms in total. The SMILES string of the molecule is c1cnc(N2CCN(Cc3nc([C@H]4CCOC4)n[nH]3)CC2)nc1. The van der Waals surface area contributed by atoms with E-state index in [2.05, 4.69) is 34.9 Å². The zero-order valence-corrected chi connectivity index (χ0v) is 13.1. The predicted octanol–water partition coefficient (Wildman–Crippen LogP) is 0.421. The van der Waals surface area contributed by atoms with Crippen LogP contribution in [-0.2, 0) is 11.3 Å². The second-order valence-corrected chi connectivity index (χ2v) is 6.01. The first-order valence-corrected chi connectivity index (χ1v) is 8.12. The minimum Gasteiger partial charge on any atom is -0.381 e. The maximum Gasteiger partial charge on any atom is 0.225 e. The van der Waals surface area contributed by atoms with Crippen molar-refractivity contribution < 1.29 is 4.74 Å². The molecular weight excluding hydrogens is 294 g/mol. The molecule has 2 aromatic heterocycles. The van der Waals surface area contributed by atoms with Crippen molar-refractivity contribution in [2.24, 2.45) is 0 Å². The molecule has 23 heavy (non-hydrogen) atoms. The molecule has 0 aliphatic carbocycles. The number of nitrogens with zero attached hydrogens (tertiary/aromatic N) is 6. The summed E-state index contributed by atoms with van der Waals surface area (Å²) in [6, 6.07) is 1.84. The standard InChI is InChI=1S/C15H21N7O/c1-3-16-15(17-4-1)22-7-5-21(6-8-22)10-13-18-14(20-19-13)12-2-9-23-11-12/h1,3-4,12H,2,5-11H2,(H,18,19,20)/t12-/m0/s1. The molecule has 1 N–H and O–H groups in total. The highest BCUT2D eigenvalue weighted by Crippen LogP contribution is 2.22. The van der Waals surface area contributed by atoms with Gasteiger partial charge in [-0.3, -0.25) is 10.00 Å². The Morgan fingerprint density at radius 3 is 2.74 bits per heavy atom. The van der Waals surface area contributed by atoms with E-state index in [1.165, 1.54) is 0 Å². The summed E-state index contributed by atoms with van der Waals surface area (Å²) in [5, 5.41) is 7.43. The van der Waals surface area contributed by atoms with E-state index >= 15 is 0 Å². The van der Waals surface area contributed by atoms with E-state index < -0.39 is 0 Å². The largest absolute Gasteiger partial charge is 0.381 e. The second kappa shape index (κ2) is 6.59. The maximum absolute atomic E-state index is 5.40. The first-order chi connectivity index (χ1) is 11.4. The molecule has 122 valence electrons. The number of H-pyrrole nitrogens is 1. The normalized spacial score (nSPS) is 22.6. The summed E-state index contributed by atoms with van der Waals surface area (Å²) in [7, 11) is 0. The van der Waals surface area contributed by atoms with Crippen LogP contribution in [0, 0.1) is 0 Å². The molecule has 2 aliphatic heterocycles. The molecule has 2 saturated heterocycles. The molecule has 0 saturated carbocycles. The highest BCUT2D eigenvalue weighted by molar-refractivity contribution is 5.29. The van der Waals surface area contributed by atoms with E-state index in [4.69, 9.17) is 4.74 Å². The number of aromatic nitrogens is 5. The van der Waals surface area contributed by atoms with Crippen LogP contribution < -0.4 is 4.90 Å². The molecule has 8 heteroatoms. The van der Waals surface area contributed by atoms with Crippen molar-refractivity contribution in [1.82, 2.24) is 30.0 Å². The molecule has 2 fully saturated rings. The van der Waals surface area contributed by atoms with Crippen molar-refractivity contribution in [3.8, 4) is 0 Å². The number of nitrogens with one attached hydrogen (secondary N) is 1. The van der Waals surface area contributed by atoms with Crippen LogP contribution in [-0.4, -0.2) is 69.4 Å². The second-order valence-electron chi connectivity index (χ2n) is 6.01. The van der Waals surface area contributed by atoms with Gasteiger partial charge < -0.3 is 9.64 Å². The van der Waals surface area contributed by atoms with Crippen LogP contribution in [0.5, 0.6) is 0 Å². The summed E-state index contributed by atoms with van der Waals surface area (Å²) in [6.07, 6.45) is 4.60. The van der Waals surface area contributed by atoms with Crippen LogP contribution in [0.3, 0.4) is 0 Å². The summed E-state index contributed by atoms with van der Waals surface area (Å²) >= 11 is 0. The summed E-state index contributed by atoms with van der Waals surface area (Å²) < 4.78 is 5.40. The first-order valence-electron chi connectivity index (χ1n) is 8.12. The Morgan fingerprint density at radius 2 is 2.00 bits per heavy atom. The van der Waals surface area contributed by atoms with Gasteiger partial charge >= 0.3 is 0 Å². The molecule has 0 spiro atoms. The third-order valence-corrected chi connectivity index (χ3v) is 4.42. The van der Waals surface area contributed by atoms with Gasteiger partial charge in [-0.1, -0.05) is 0 Å². The van der Waals surface area contributed by atoms with Crippen LogP contribution in [0.2, 0.25) is 0 Å². The molecule has 0 amide bonds. The van der Waals surface area contributed by atoms with Crippen molar-refractivity contribution in [1.29, 1.82) is 0 Å². The van der Waals surface area contributed by atoms with Gasteiger partial charge in [0.25, 0.3) is 0 Å². The fourth-order valence-corrected chi connectivity index (χ4v) is 3.07. The van der Waals surface area contributed by atoms with Gasteiger partial charge in [-0.15, -0.1) is 0 Å². The minimum absolute atomic E-state index is 0.354. The van der Waals surface area contributed by atoms with Gasteiger partial charge in [0.2, 0.25) is 5.95 Å². The van der Waals surface area contributed by atoms with E-state index in [1.807, 2.05) is 6.07 Å². The lowest BCUT2D eigenvalue weighted by Crippen LogP contribution is -2.46. The Hall–Kier alpha value is -2.06. The summed E-state index contributed by atoms with van der Waals surface area (Å²) in [5.74, 6) is 3.01. The third kappa shape index (κ3) is 3.32. The van der Waals surface area contributed by atoms with Crippen LogP contribution in [0.4, 0.5) is 5.95 Å². The highest BCUT2D eigenvalue weighted by Gasteiger charge is 2.23. The van der Waals surface area contributed by atoms with E-state index in [0.717, 1.165) is 70.0 Å². The molecule has 4 heterocycles. The molecule has 4 rings (SSSR count). The van der Waals surface area contributed by atoms with Crippen molar-refractivity contribution >= 4 is 5.95 Å². The number of piperazine rings is 1. The Morgan fingerprint density at radius 1 is 1.17 bits per heavy atom. The Labute approximate surface area is 134 Å². The van der Waals surface area contributed by atoms with Crippen molar-refractivity contribution in [2.45, 2.75) is 18.9 Å². The lowest BCUT2D eigenvalue weighted by molar-refractivity contribution is 0.193. The van der Waals surface area contributed by atoms with Gasteiger partial charge in [-0.2, -0.15) is 5.10 Å². The lowest BCUT2D eigenvalue weighted by atomic mass is 10.1. The Bertz CT molecular complexity index is 618. The van der Waals surface area contributed by atoms with Gasteiger partial charge in [0, 0.05) is 51.1 Å². The molecule has 2 aliphatic rings. The molecule has 2 aromatic rings. The first kappa shape index (κ1) is 14.5. The molecule has 1 atom stereocenters. The Balaban J connectivity index is 1.31. The summed E-state index contributed by atoms with van der Waals surface area (Å²) in [4.78, 5) is 17.9. The summed E-state index contributed by atoms with van der Waals surface area (Å²) in [5.41, 5.74) is 0. The number of aromatic amines is 1. The molecule has 0 bridgehead atoms. The van der Waals surface area contributed by atoms with E-state index in [-0.39, 0.29) is 0 Å². The average molecular weight is 315 g/mol. The molecular formula is C15H21N7O. The lowest BCUT2D eigenvalue weighted by Gasteiger charge is -2.34. The van der Waals surface area contributed by atoms with Gasteiger partial charge in [0.1, 0.15) is 5.82 Å². The van der Waals surface area contributed by atoms with Crippen molar-refractivity contribution in [2.75, 3.05) is 44.3 Å². The highest BCUT2D eigenvalue weighted by atomic mass is 16.5. The van der Waals surface area contributed by atoms with Gasteiger partial charge in [0.05, 0.1) is 13.2 Å². The Kier molecular flexibility index (Phi) is 4.16. The van der Waals surface area contributed by atoms with Crippen LogP contribution in [0.25, 0.3) is 0 Å². The van der Waals surface area contributed by atoms with Gasteiger partial charge in [-0.25, -0.2) is 15.0 Å². The molecule has 0 radical (unpaired) electrons. The van der Waals surface area contributed by atoms with Crippen molar-refractivity contribution in [3.63, 3.8) is 0 Å². The fraction of sp³-hybridized carbons (Fsp3) is 0.600. The third-order valence-electron chi connectivity index (χ3n) is 4.42. The summed E-state index contributed by atoms with van der Waals surface area (Å²) in [6.45, 7) is 6.18. The monoisotopic (exact) mass is 315 g/mol. The van der Waals surface area contributed by atoms with Gasteiger partial charge in [-0.05, 0) is 12.5 Å². The number of anilines is 1. The zero-order chi connectivity index (χ0) is 15.5. The fourth-order valence-electron chi connectivity index (χ4n) is 3.07. The molecule has 0 aromatic carbocycles. The zero-order valence-electron chi connectivity index (χ0n) is 13.1. The van der Waals surface area contributed by atoms with Crippen LogP contribution in [0.15, 0.2) is 18.5 Å². The topological polar surface area (TPSA) is 83.1 Å². The van der Waals surface area contributed by atoms with E-state index in [1.54, 1.807) is 12.4 Å². The predicted molar refractivity (Wildman–Crippen MR) is 84.1 cm³/mol. The number of rotatable bonds is 4. The quantitative estimate of drug-likeness (QED) is 0.875. The van der Waals surface area contributed by atoms with Crippen molar-refractivity contribution in [3.05, 3.63) is 30.1 Å². The number of hydrogen-bond acceptors (Lipinski definition) is 7. The van der Waals surface area contributed by atoms with E-state index in [0.29, 0.717) is 5.92 Å².